The number of esters is 2. The van der Waals surface area contributed by atoms with Crippen LogP contribution in [0.2, 0.25) is 0 Å². The molecule has 0 radical (unpaired) electrons. The van der Waals surface area contributed by atoms with Crippen LogP contribution < -0.4 is 0 Å². The van der Waals surface area contributed by atoms with E-state index in [2.05, 4.69) is 29.9 Å². The molecule has 102 valence electrons. The van der Waals surface area contributed by atoms with Crippen molar-refractivity contribution in [2.75, 3.05) is 14.2 Å². The van der Waals surface area contributed by atoms with Crippen LogP contribution in [0.3, 0.4) is 0 Å². The zero-order chi connectivity index (χ0) is 14.1. The van der Waals surface area contributed by atoms with E-state index in [0.29, 0.717) is 9.72 Å². The van der Waals surface area contributed by atoms with Gasteiger partial charge in [-0.1, -0.05) is 0 Å². The molecule has 0 fully saturated rings. The number of rotatable bonds is 7. The topological polar surface area (TPSA) is 52.6 Å². The van der Waals surface area contributed by atoms with E-state index in [9.17, 15) is 9.59 Å². The Balaban J connectivity index is 4.70. The van der Waals surface area contributed by atoms with Gasteiger partial charge in [-0.3, -0.25) is 0 Å². The number of thioether (sulfide) groups is 1. The molecule has 0 aromatic rings. The second-order valence-corrected chi connectivity index (χ2v) is 7.84. The maximum absolute atomic E-state index is 11.5. The van der Waals surface area contributed by atoms with Crippen LogP contribution >= 0.6 is 11.8 Å². The van der Waals surface area contributed by atoms with Gasteiger partial charge in [-0.05, 0) is 0 Å². The third kappa shape index (κ3) is 6.89. The van der Waals surface area contributed by atoms with Crippen molar-refractivity contribution in [3.05, 3.63) is 20.9 Å². The number of carbonyl (C=O) groups is 2. The molecule has 0 aliphatic rings. The fourth-order valence-corrected chi connectivity index (χ4v) is 4.51. The van der Waals surface area contributed by atoms with E-state index in [0.717, 1.165) is 10.2 Å². The first-order valence-corrected chi connectivity index (χ1v) is 7.95. The molecule has 0 aromatic heterocycles. The van der Waals surface area contributed by atoms with Crippen LogP contribution in [0.15, 0.2) is 20.9 Å². The van der Waals surface area contributed by atoms with Crippen molar-refractivity contribution >= 4 is 38.7 Å². The van der Waals surface area contributed by atoms with Crippen molar-refractivity contribution in [2.24, 2.45) is 0 Å². The van der Waals surface area contributed by atoms with Crippen molar-refractivity contribution in [1.82, 2.24) is 0 Å². The number of hydrogen-bond acceptors (Lipinski definition) is 5. The summed E-state index contributed by atoms with van der Waals surface area (Å²) in [5.41, 5.74) is 0. The van der Waals surface area contributed by atoms with Crippen molar-refractivity contribution in [3.8, 4) is 0 Å². The molecular weight excluding hydrogens is 319 g/mol. The maximum atomic E-state index is 11.5. The van der Waals surface area contributed by atoms with E-state index in [1.54, 1.807) is 11.8 Å². The summed E-state index contributed by atoms with van der Waals surface area (Å²) in [4.78, 5) is 22.7. The summed E-state index contributed by atoms with van der Waals surface area (Å²) in [6.07, 6.45) is 2.20. The average Bonchev–Trinajstić information content (AvgIpc) is 2.36. The van der Waals surface area contributed by atoms with E-state index >= 15 is 0 Å². The molecule has 0 heterocycles. The first-order chi connectivity index (χ1) is 8.44. The monoisotopic (exact) mass is 338 g/mol. The molecule has 0 spiro atoms. The van der Waals surface area contributed by atoms with Gasteiger partial charge in [0.15, 0.2) is 0 Å². The number of ether oxygens (including phenoxy) is 2. The van der Waals surface area contributed by atoms with Gasteiger partial charge in [0.25, 0.3) is 0 Å². The van der Waals surface area contributed by atoms with Crippen molar-refractivity contribution in [2.45, 2.75) is 25.5 Å². The molecule has 4 nitrogen and oxygen atoms in total. The van der Waals surface area contributed by atoms with Gasteiger partial charge in [0.2, 0.25) is 0 Å². The Morgan fingerprint density at radius 1 is 1.39 bits per heavy atom. The first kappa shape index (κ1) is 17.3. The third-order valence-corrected chi connectivity index (χ3v) is 5.54. The number of hydrogen-bond donors (Lipinski definition) is 0. The van der Waals surface area contributed by atoms with E-state index in [1.165, 1.54) is 20.3 Å². The van der Waals surface area contributed by atoms with Gasteiger partial charge in [0.05, 0.1) is 0 Å². The quantitative estimate of drug-likeness (QED) is 0.404. The van der Waals surface area contributed by atoms with Gasteiger partial charge in [-0.15, -0.1) is 0 Å². The molecule has 1 atom stereocenters. The predicted octanol–water partition coefficient (Wildman–Crippen LogP) is 1.92. The minimum absolute atomic E-state index is 0.310. The summed E-state index contributed by atoms with van der Waals surface area (Å²) in [5.74, 6) is -1.06. The standard InChI is InChI=1S/C12H18O4SSe/c1-6-8(2)17-9(3)18-10(12(14)16-5)7-11(13)15-4/h7-8H,3,6H2,1-2,4-5H3/b10-7+. The Labute approximate surface area is 118 Å². The van der Waals surface area contributed by atoms with Crippen LogP contribution in [0.4, 0.5) is 0 Å². The Morgan fingerprint density at radius 2 is 2.00 bits per heavy atom. The van der Waals surface area contributed by atoms with Crippen LogP contribution in [-0.2, 0) is 19.1 Å². The van der Waals surface area contributed by atoms with Gasteiger partial charge in [0.1, 0.15) is 0 Å². The summed E-state index contributed by atoms with van der Waals surface area (Å²) in [6.45, 7) is 8.10. The van der Waals surface area contributed by atoms with Gasteiger partial charge in [0, 0.05) is 0 Å². The molecule has 0 N–H and O–H groups in total. The fraction of sp³-hybridized carbons (Fsp3) is 0.500. The molecular formula is C12H18O4SSe. The molecule has 0 aliphatic carbocycles. The normalized spacial score (nSPS) is 12.8. The molecule has 0 bridgehead atoms. The molecule has 0 aliphatic heterocycles. The predicted molar refractivity (Wildman–Crippen MR) is 74.4 cm³/mol. The summed E-state index contributed by atoms with van der Waals surface area (Å²) in [7, 11) is 2.55. The van der Waals surface area contributed by atoms with Gasteiger partial charge in [-0.25, -0.2) is 0 Å². The molecule has 0 aromatic carbocycles. The molecule has 6 heteroatoms. The van der Waals surface area contributed by atoms with Crippen LogP contribution in [0.5, 0.6) is 0 Å². The van der Waals surface area contributed by atoms with E-state index in [-0.39, 0.29) is 15.0 Å². The van der Waals surface area contributed by atoms with Crippen molar-refractivity contribution < 1.29 is 19.1 Å². The Hall–Kier alpha value is -0.711. The van der Waals surface area contributed by atoms with Crippen LogP contribution in [0, 0.1) is 0 Å². The van der Waals surface area contributed by atoms with Gasteiger partial charge in [-0.2, -0.15) is 0 Å². The van der Waals surface area contributed by atoms with E-state index in [4.69, 9.17) is 0 Å². The van der Waals surface area contributed by atoms with Crippen LogP contribution in [-0.4, -0.2) is 46.4 Å². The summed E-state index contributed by atoms with van der Waals surface area (Å²) >= 11 is 1.31. The van der Waals surface area contributed by atoms with E-state index in [1.807, 2.05) is 0 Å². The van der Waals surface area contributed by atoms with Gasteiger partial charge < -0.3 is 0 Å². The van der Waals surface area contributed by atoms with Gasteiger partial charge >= 0.3 is 118 Å². The Bertz CT molecular complexity index is 352. The zero-order valence-electron chi connectivity index (χ0n) is 11.0. The minimum atomic E-state index is -0.557. The SMILES string of the molecule is C=C(SC(C)CC)[Se]/C(=C/C(=O)OC)C(=O)OC. The number of carbonyl (C=O) groups excluding carboxylic acids is 2. The molecule has 0 amide bonds. The fourth-order valence-electron chi connectivity index (χ4n) is 0.851. The summed E-state index contributed by atoms with van der Waals surface area (Å²) in [6, 6.07) is 0. The average molecular weight is 337 g/mol. The van der Waals surface area contributed by atoms with Crippen molar-refractivity contribution in [3.63, 3.8) is 0 Å². The number of methoxy groups -OCH3 is 2. The zero-order valence-corrected chi connectivity index (χ0v) is 13.5. The molecule has 1 unspecified atom stereocenters. The van der Waals surface area contributed by atoms with E-state index < -0.39 is 11.9 Å². The molecule has 18 heavy (non-hydrogen) atoms. The third-order valence-electron chi connectivity index (χ3n) is 1.97. The first-order valence-electron chi connectivity index (χ1n) is 5.35. The molecule has 0 saturated heterocycles. The molecule has 0 rings (SSSR count). The summed E-state index contributed by atoms with van der Waals surface area (Å²) < 4.78 is 10.4. The molecule has 0 saturated carbocycles. The Morgan fingerprint density at radius 3 is 2.44 bits per heavy atom. The second kappa shape index (κ2) is 9.25. The second-order valence-electron chi connectivity index (χ2n) is 3.33. The summed E-state index contributed by atoms with van der Waals surface area (Å²) in [5, 5.41) is 0.441. The van der Waals surface area contributed by atoms with Crippen LogP contribution in [0.25, 0.3) is 0 Å². The Kier molecular flexibility index (Phi) is 8.89. The van der Waals surface area contributed by atoms with Crippen LogP contribution in [0.1, 0.15) is 20.3 Å². The van der Waals surface area contributed by atoms with Crippen molar-refractivity contribution in [1.29, 1.82) is 0 Å².